The van der Waals surface area contributed by atoms with Gasteiger partial charge in [-0.2, -0.15) is 0 Å². The molecular weight excluding hydrogens is 124 g/mol. The first-order valence-electron chi connectivity index (χ1n) is 3.81. The lowest BCUT2D eigenvalue weighted by atomic mass is 10.2. The van der Waals surface area contributed by atoms with Gasteiger partial charge in [-0.15, -0.1) is 11.8 Å². The van der Waals surface area contributed by atoms with Crippen LogP contribution in [-0.2, 0) is 4.79 Å². The van der Waals surface area contributed by atoms with Gasteiger partial charge in [0.05, 0.1) is 0 Å². The molecule has 0 aliphatic carbocycles. The Morgan fingerprint density at radius 2 is 2.10 bits per heavy atom. The fourth-order valence-electron chi connectivity index (χ4n) is 0.654. The molecule has 1 nitrogen and oxygen atoms in total. The van der Waals surface area contributed by atoms with Crippen molar-refractivity contribution in [2.45, 2.75) is 39.0 Å². The van der Waals surface area contributed by atoms with Crippen LogP contribution >= 0.6 is 0 Å². The molecule has 0 aromatic heterocycles. The van der Waals surface area contributed by atoms with E-state index in [-0.39, 0.29) is 0 Å². The van der Waals surface area contributed by atoms with Gasteiger partial charge in [0.2, 0.25) is 0 Å². The molecule has 0 atom stereocenters. The van der Waals surface area contributed by atoms with Gasteiger partial charge in [0.1, 0.15) is 6.29 Å². The summed E-state index contributed by atoms with van der Waals surface area (Å²) in [6.07, 6.45) is 5.59. The van der Waals surface area contributed by atoms with Crippen molar-refractivity contribution in [3.63, 3.8) is 0 Å². The van der Waals surface area contributed by atoms with E-state index in [4.69, 9.17) is 0 Å². The molecule has 1 heteroatoms. The molecule has 0 spiro atoms. The monoisotopic (exact) mass is 138 g/mol. The number of unbranched alkanes of at least 4 members (excludes halogenated alkanes) is 3. The standard InChI is InChI=1S/C9H14O/c1-2-3-4-5-6-7-8-9-10/h9H,2,5-8H2,1H3. The van der Waals surface area contributed by atoms with E-state index in [0.29, 0.717) is 6.42 Å². The molecule has 0 amide bonds. The minimum atomic E-state index is 0.688. The van der Waals surface area contributed by atoms with E-state index < -0.39 is 0 Å². The molecule has 0 aromatic carbocycles. The quantitative estimate of drug-likeness (QED) is 0.330. The van der Waals surface area contributed by atoms with Gasteiger partial charge in [-0.1, -0.05) is 6.92 Å². The summed E-state index contributed by atoms with van der Waals surface area (Å²) in [6.45, 7) is 2.04. The van der Waals surface area contributed by atoms with Crippen molar-refractivity contribution in [1.29, 1.82) is 0 Å². The van der Waals surface area contributed by atoms with Gasteiger partial charge in [-0.05, 0) is 12.8 Å². The second-order valence-corrected chi connectivity index (χ2v) is 2.12. The zero-order valence-electron chi connectivity index (χ0n) is 6.52. The SMILES string of the molecule is CCC#CCCCCC=O. The third kappa shape index (κ3) is 7.23. The maximum Gasteiger partial charge on any atom is 0.119 e. The first-order valence-corrected chi connectivity index (χ1v) is 3.81. The molecule has 0 unspecified atom stereocenters. The van der Waals surface area contributed by atoms with Gasteiger partial charge in [-0.25, -0.2) is 0 Å². The highest BCUT2D eigenvalue weighted by Crippen LogP contribution is 1.95. The Labute approximate surface area is 62.8 Å². The van der Waals surface area contributed by atoms with E-state index in [9.17, 15) is 4.79 Å². The summed E-state index contributed by atoms with van der Waals surface area (Å²) in [5.74, 6) is 6.01. The summed E-state index contributed by atoms with van der Waals surface area (Å²) in [4.78, 5) is 9.86. The lowest BCUT2D eigenvalue weighted by Gasteiger charge is -1.86. The highest BCUT2D eigenvalue weighted by atomic mass is 16.1. The van der Waals surface area contributed by atoms with Gasteiger partial charge in [0.25, 0.3) is 0 Å². The van der Waals surface area contributed by atoms with E-state index in [1.54, 1.807) is 0 Å². The summed E-state index contributed by atoms with van der Waals surface area (Å²) in [5, 5.41) is 0. The van der Waals surface area contributed by atoms with Crippen molar-refractivity contribution >= 4 is 6.29 Å². The van der Waals surface area contributed by atoms with Crippen LogP contribution < -0.4 is 0 Å². The van der Waals surface area contributed by atoms with E-state index in [1.165, 1.54) is 0 Å². The van der Waals surface area contributed by atoms with Crippen molar-refractivity contribution in [2.75, 3.05) is 0 Å². The highest BCUT2D eigenvalue weighted by Gasteiger charge is 1.82. The molecule has 0 aliphatic rings. The van der Waals surface area contributed by atoms with E-state index in [0.717, 1.165) is 32.0 Å². The first-order chi connectivity index (χ1) is 4.91. The molecular formula is C9H14O. The number of carbonyl (C=O) groups is 1. The second-order valence-electron chi connectivity index (χ2n) is 2.12. The predicted octanol–water partition coefficient (Wildman–Crippen LogP) is 2.16. The lowest BCUT2D eigenvalue weighted by molar-refractivity contribution is -0.107. The smallest absolute Gasteiger partial charge is 0.119 e. The number of rotatable bonds is 4. The Hall–Kier alpha value is -0.770. The van der Waals surface area contributed by atoms with E-state index >= 15 is 0 Å². The normalized spacial score (nSPS) is 8.10. The molecule has 0 radical (unpaired) electrons. The zero-order chi connectivity index (χ0) is 7.66. The Bertz CT molecular complexity index is 127. The minimum Gasteiger partial charge on any atom is -0.303 e. The molecule has 0 heterocycles. The third-order valence-corrected chi connectivity index (χ3v) is 1.18. The topological polar surface area (TPSA) is 17.1 Å². The number of carbonyl (C=O) groups excluding carboxylic acids is 1. The van der Waals surface area contributed by atoms with Crippen molar-refractivity contribution in [3.05, 3.63) is 0 Å². The summed E-state index contributed by atoms with van der Waals surface area (Å²) >= 11 is 0. The van der Waals surface area contributed by atoms with Crippen LogP contribution in [0.25, 0.3) is 0 Å². The number of aldehydes is 1. The summed E-state index contributed by atoms with van der Waals surface area (Å²) in [6, 6.07) is 0. The summed E-state index contributed by atoms with van der Waals surface area (Å²) in [7, 11) is 0. The molecule has 0 aliphatic heterocycles. The summed E-state index contributed by atoms with van der Waals surface area (Å²) in [5.41, 5.74) is 0. The van der Waals surface area contributed by atoms with Gasteiger partial charge < -0.3 is 4.79 Å². The fraction of sp³-hybridized carbons (Fsp3) is 0.667. The van der Waals surface area contributed by atoms with Crippen molar-refractivity contribution < 1.29 is 4.79 Å². The molecule has 0 saturated heterocycles. The maximum absolute atomic E-state index is 9.86. The van der Waals surface area contributed by atoms with Crippen LogP contribution in [-0.4, -0.2) is 6.29 Å². The van der Waals surface area contributed by atoms with Crippen LogP contribution in [0.1, 0.15) is 39.0 Å². The second kappa shape index (κ2) is 8.23. The Balaban J connectivity index is 2.97. The molecule has 0 bridgehead atoms. The highest BCUT2D eigenvalue weighted by molar-refractivity contribution is 5.48. The van der Waals surface area contributed by atoms with Crippen LogP contribution in [0.15, 0.2) is 0 Å². The summed E-state index contributed by atoms with van der Waals surface area (Å²) < 4.78 is 0. The minimum absolute atomic E-state index is 0.688. The predicted molar refractivity (Wildman–Crippen MR) is 42.6 cm³/mol. The van der Waals surface area contributed by atoms with Crippen LogP contribution in [0.5, 0.6) is 0 Å². The molecule has 0 aromatic rings. The molecule has 56 valence electrons. The first kappa shape index (κ1) is 9.23. The van der Waals surface area contributed by atoms with Crippen LogP contribution in [0.4, 0.5) is 0 Å². The molecule has 0 saturated carbocycles. The van der Waals surface area contributed by atoms with Gasteiger partial charge in [0.15, 0.2) is 0 Å². The molecule has 0 N–H and O–H groups in total. The van der Waals surface area contributed by atoms with Crippen LogP contribution in [0.3, 0.4) is 0 Å². The number of hydrogen-bond donors (Lipinski definition) is 0. The third-order valence-electron chi connectivity index (χ3n) is 1.18. The largest absolute Gasteiger partial charge is 0.303 e. The number of hydrogen-bond acceptors (Lipinski definition) is 1. The fourth-order valence-corrected chi connectivity index (χ4v) is 0.654. The van der Waals surface area contributed by atoms with Crippen LogP contribution in [0, 0.1) is 11.8 Å². The van der Waals surface area contributed by atoms with E-state index in [2.05, 4.69) is 11.8 Å². The zero-order valence-corrected chi connectivity index (χ0v) is 6.52. The van der Waals surface area contributed by atoms with Gasteiger partial charge in [-0.3, -0.25) is 0 Å². The van der Waals surface area contributed by atoms with Gasteiger partial charge >= 0.3 is 0 Å². The van der Waals surface area contributed by atoms with Crippen LogP contribution in [0.2, 0.25) is 0 Å². The lowest BCUT2D eigenvalue weighted by Crippen LogP contribution is -1.75. The Kier molecular flexibility index (Phi) is 7.60. The van der Waals surface area contributed by atoms with Crippen molar-refractivity contribution in [2.24, 2.45) is 0 Å². The van der Waals surface area contributed by atoms with Crippen molar-refractivity contribution in [3.8, 4) is 11.8 Å². The average Bonchev–Trinajstić information content (AvgIpc) is 1.97. The average molecular weight is 138 g/mol. The van der Waals surface area contributed by atoms with E-state index in [1.807, 2.05) is 6.92 Å². The molecule has 10 heavy (non-hydrogen) atoms. The maximum atomic E-state index is 9.86. The van der Waals surface area contributed by atoms with Crippen molar-refractivity contribution in [1.82, 2.24) is 0 Å². The molecule has 0 fully saturated rings. The Morgan fingerprint density at radius 3 is 2.70 bits per heavy atom. The Morgan fingerprint density at radius 1 is 1.30 bits per heavy atom. The van der Waals surface area contributed by atoms with Gasteiger partial charge in [0, 0.05) is 19.3 Å². The molecule has 0 rings (SSSR count).